The quantitative estimate of drug-likeness (QED) is 0.841. The summed E-state index contributed by atoms with van der Waals surface area (Å²) in [5.41, 5.74) is 2.72. The summed E-state index contributed by atoms with van der Waals surface area (Å²) in [6.45, 7) is 5.14. The number of fused-ring (bicyclic) bond motifs is 1. The predicted molar refractivity (Wildman–Crippen MR) is 99.7 cm³/mol. The van der Waals surface area contributed by atoms with Gasteiger partial charge in [0.05, 0.1) is 6.10 Å². The fraction of sp³-hybridized carbons (Fsp3) is 0.650. The van der Waals surface area contributed by atoms with Crippen LogP contribution in [0.2, 0.25) is 0 Å². The van der Waals surface area contributed by atoms with Crippen LogP contribution < -0.4 is 0 Å². The zero-order valence-corrected chi connectivity index (χ0v) is 15.5. The van der Waals surface area contributed by atoms with Gasteiger partial charge in [-0.15, -0.1) is 0 Å². The molecule has 0 saturated carbocycles. The van der Waals surface area contributed by atoms with Crippen LogP contribution in [0.25, 0.3) is 0 Å². The molecule has 138 valence electrons. The molecule has 5 nitrogen and oxygen atoms in total. The number of hydrogen-bond donors (Lipinski definition) is 1. The lowest BCUT2D eigenvalue weighted by Gasteiger charge is -2.34. The molecule has 1 amide bonds. The standard InChI is InChI=1S/C20H31N3O2/c1-21-9-11-23(12-10-21)15-18(24)14-22(2)20(25)13-17-8-7-16-5-3-4-6-19(16)17/h3-6,17-18,24H,7-15H2,1-2H3. The number of piperazine rings is 1. The van der Waals surface area contributed by atoms with Gasteiger partial charge in [-0.05, 0) is 36.9 Å². The number of benzene rings is 1. The SMILES string of the molecule is CN1CCN(CC(O)CN(C)C(=O)CC2CCc3ccccc32)CC1. The molecule has 1 aromatic rings. The molecular formula is C20H31N3O2. The van der Waals surface area contributed by atoms with Crippen LogP contribution in [0, 0.1) is 0 Å². The third-order valence-electron chi connectivity index (χ3n) is 5.65. The Morgan fingerprint density at radius 2 is 2.00 bits per heavy atom. The average Bonchev–Trinajstić information content (AvgIpc) is 3.00. The van der Waals surface area contributed by atoms with Gasteiger partial charge in [0.15, 0.2) is 0 Å². The van der Waals surface area contributed by atoms with E-state index in [2.05, 4.69) is 41.1 Å². The van der Waals surface area contributed by atoms with Crippen LogP contribution in [0.1, 0.15) is 29.9 Å². The molecule has 0 spiro atoms. The number of carbonyl (C=O) groups excluding carboxylic acids is 1. The second kappa shape index (κ2) is 8.30. The Bertz CT molecular complexity index is 584. The van der Waals surface area contributed by atoms with Crippen LogP contribution in [-0.2, 0) is 11.2 Å². The highest BCUT2D eigenvalue weighted by Gasteiger charge is 2.26. The Hall–Kier alpha value is -1.43. The largest absolute Gasteiger partial charge is 0.390 e. The monoisotopic (exact) mass is 345 g/mol. The van der Waals surface area contributed by atoms with E-state index in [4.69, 9.17) is 0 Å². The van der Waals surface area contributed by atoms with Crippen molar-refractivity contribution in [3.05, 3.63) is 35.4 Å². The molecule has 1 fully saturated rings. The van der Waals surface area contributed by atoms with E-state index >= 15 is 0 Å². The molecule has 1 heterocycles. The first-order chi connectivity index (χ1) is 12.0. The minimum Gasteiger partial charge on any atom is -0.390 e. The molecule has 0 aromatic heterocycles. The Balaban J connectivity index is 1.45. The van der Waals surface area contributed by atoms with E-state index in [1.807, 2.05) is 7.05 Å². The van der Waals surface area contributed by atoms with E-state index < -0.39 is 6.10 Å². The van der Waals surface area contributed by atoms with Crippen molar-refractivity contribution in [1.29, 1.82) is 0 Å². The molecule has 2 aliphatic rings. The van der Waals surface area contributed by atoms with Crippen molar-refractivity contribution in [3.8, 4) is 0 Å². The number of rotatable bonds is 6. The molecule has 2 atom stereocenters. The fourth-order valence-corrected chi connectivity index (χ4v) is 4.03. The van der Waals surface area contributed by atoms with Crippen molar-refractivity contribution in [1.82, 2.24) is 14.7 Å². The van der Waals surface area contributed by atoms with Gasteiger partial charge in [0.25, 0.3) is 0 Å². The first kappa shape index (κ1) is 18.4. The summed E-state index contributed by atoms with van der Waals surface area (Å²) in [6, 6.07) is 8.46. The van der Waals surface area contributed by atoms with Gasteiger partial charge in [0.1, 0.15) is 0 Å². The molecule has 1 saturated heterocycles. The highest BCUT2D eigenvalue weighted by Crippen LogP contribution is 2.35. The van der Waals surface area contributed by atoms with Crippen molar-refractivity contribution >= 4 is 5.91 Å². The molecular weight excluding hydrogens is 314 g/mol. The molecule has 1 aliphatic carbocycles. The minimum atomic E-state index is -0.478. The van der Waals surface area contributed by atoms with Gasteiger partial charge in [-0.25, -0.2) is 0 Å². The number of β-amino-alcohol motifs (C(OH)–C–C–N with tert-alkyl or cyclic N) is 1. The lowest BCUT2D eigenvalue weighted by molar-refractivity contribution is -0.131. The number of aliphatic hydroxyl groups excluding tert-OH is 1. The van der Waals surface area contributed by atoms with Crippen molar-refractivity contribution in [2.24, 2.45) is 0 Å². The molecule has 0 radical (unpaired) electrons. The predicted octanol–water partition coefficient (Wildman–Crippen LogP) is 1.17. The molecule has 3 rings (SSSR count). The highest BCUT2D eigenvalue weighted by molar-refractivity contribution is 5.77. The number of likely N-dealkylation sites (N-methyl/N-ethyl adjacent to an activating group) is 2. The molecule has 1 N–H and O–H groups in total. The summed E-state index contributed by atoms with van der Waals surface area (Å²) in [6.07, 6.45) is 2.20. The van der Waals surface area contributed by atoms with E-state index in [1.54, 1.807) is 4.90 Å². The van der Waals surface area contributed by atoms with Crippen LogP contribution in [0.5, 0.6) is 0 Å². The topological polar surface area (TPSA) is 47.0 Å². The van der Waals surface area contributed by atoms with Gasteiger partial charge in [-0.2, -0.15) is 0 Å². The molecule has 1 aliphatic heterocycles. The Kier molecular flexibility index (Phi) is 6.10. The van der Waals surface area contributed by atoms with Gasteiger partial charge in [0.2, 0.25) is 5.91 Å². The number of carbonyl (C=O) groups is 1. The molecule has 5 heteroatoms. The first-order valence-electron chi connectivity index (χ1n) is 9.43. The summed E-state index contributed by atoms with van der Waals surface area (Å²) < 4.78 is 0. The third-order valence-corrected chi connectivity index (χ3v) is 5.65. The summed E-state index contributed by atoms with van der Waals surface area (Å²) in [5.74, 6) is 0.472. The average molecular weight is 345 g/mol. The summed E-state index contributed by atoms with van der Waals surface area (Å²) in [5, 5.41) is 10.4. The van der Waals surface area contributed by atoms with E-state index in [0.717, 1.165) is 39.0 Å². The second-order valence-electron chi connectivity index (χ2n) is 7.67. The van der Waals surface area contributed by atoms with Crippen LogP contribution in [0.3, 0.4) is 0 Å². The first-order valence-corrected chi connectivity index (χ1v) is 9.43. The zero-order valence-electron chi connectivity index (χ0n) is 15.5. The van der Waals surface area contributed by atoms with Gasteiger partial charge >= 0.3 is 0 Å². The molecule has 2 unspecified atom stereocenters. The smallest absolute Gasteiger partial charge is 0.223 e. The van der Waals surface area contributed by atoms with Crippen molar-refractivity contribution in [2.75, 3.05) is 53.4 Å². The van der Waals surface area contributed by atoms with Crippen molar-refractivity contribution in [2.45, 2.75) is 31.3 Å². The van der Waals surface area contributed by atoms with Gasteiger partial charge < -0.3 is 14.9 Å². The Labute approximate surface area is 151 Å². The third kappa shape index (κ3) is 4.81. The van der Waals surface area contributed by atoms with Gasteiger partial charge in [-0.1, -0.05) is 24.3 Å². The van der Waals surface area contributed by atoms with E-state index in [1.165, 1.54) is 11.1 Å². The van der Waals surface area contributed by atoms with Gasteiger partial charge in [0, 0.05) is 52.7 Å². The lowest BCUT2D eigenvalue weighted by atomic mass is 9.97. The van der Waals surface area contributed by atoms with Gasteiger partial charge in [-0.3, -0.25) is 9.69 Å². The van der Waals surface area contributed by atoms with Crippen molar-refractivity contribution < 1.29 is 9.90 Å². The number of nitrogens with zero attached hydrogens (tertiary/aromatic N) is 3. The van der Waals surface area contributed by atoms with Crippen molar-refractivity contribution in [3.63, 3.8) is 0 Å². The summed E-state index contributed by atoms with van der Waals surface area (Å²) in [4.78, 5) is 18.9. The zero-order chi connectivity index (χ0) is 17.8. The van der Waals surface area contributed by atoms with E-state index in [-0.39, 0.29) is 5.91 Å². The minimum absolute atomic E-state index is 0.138. The molecule has 25 heavy (non-hydrogen) atoms. The number of aryl methyl sites for hydroxylation is 1. The van der Waals surface area contributed by atoms with Crippen LogP contribution in [-0.4, -0.2) is 85.2 Å². The summed E-state index contributed by atoms with van der Waals surface area (Å²) >= 11 is 0. The van der Waals surface area contributed by atoms with Crippen LogP contribution in [0.4, 0.5) is 0 Å². The van der Waals surface area contributed by atoms with E-state index in [0.29, 0.717) is 25.4 Å². The number of amides is 1. The fourth-order valence-electron chi connectivity index (χ4n) is 4.03. The maximum Gasteiger partial charge on any atom is 0.223 e. The molecule has 1 aromatic carbocycles. The van der Waals surface area contributed by atoms with Crippen LogP contribution >= 0.6 is 0 Å². The Morgan fingerprint density at radius 3 is 2.76 bits per heavy atom. The lowest BCUT2D eigenvalue weighted by Crippen LogP contribution is -2.49. The highest BCUT2D eigenvalue weighted by atomic mass is 16.3. The second-order valence-corrected chi connectivity index (χ2v) is 7.67. The number of hydrogen-bond acceptors (Lipinski definition) is 4. The maximum absolute atomic E-state index is 12.6. The van der Waals surface area contributed by atoms with Crippen LogP contribution in [0.15, 0.2) is 24.3 Å². The Morgan fingerprint density at radius 1 is 1.28 bits per heavy atom. The summed E-state index contributed by atoms with van der Waals surface area (Å²) in [7, 11) is 3.94. The normalized spacial score (nSPS) is 22.6. The maximum atomic E-state index is 12.6. The molecule has 0 bridgehead atoms. The number of aliphatic hydroxyl groups is 1. The van der Waals surface area contributed by atoms with E-state index in [9.17, 15) is 9.90 Å².